The van der Waals surface area contributed by atoms with Crippen LogP contribution in [-0.4, -0.2) is 18.3 Å². The first-order valence-corrected chi connectivity index (χ1v) is 6.48. The smallest absolute Gasteiger partial charge is 0.0431 e. The number of aryl methyl sites for hydroxylation is 3. The summed E-state index contributed by atoms with van der Waals surface area (Å²) in [5.74, 6) is 0. The van der Waals surface area contributed by atoms with Crippen molar-refractivity contribution in [1.29, 1.82) is 0 Å². The maximum atomic E-state index is 8.74. The molecule has 1 unspecified atom stereocenters. The van der Waals surface area contributed by atoms with Crippen LogP contribution >= 0.6 is 0 Å². The lowest BCUT2D eigenvalue weighted by Gasteiger charge is -2.19. The number of aliphatic hydroxyl groups is 1. The number of nitrogens with one attached hydrogen (secondary N) is 1. The zero-order valence-corrected chi connectivity index (χ0v) is 11.5. The van der Waals surface area contributed by atoms with E-state index < -0.39 is 0 Å². The molecule has 2 nitrogen and oxygen atoms in total. The van der Waals surface area contributed by atoms with E-state index in [2.05, 4.69) is 45.1 Å². The van der Waals surface area contributed by atoms with E-state index in [0.29, 0.717) is 12.6 Å². The lowest BCUT2D eigenvalue weighted by Crippen LogP contribution is -2.21. The minimum atomic E-state index is 0.290. The van der Waals surface area contributed by atoms with E-state index >= 15 is 0 Å². The summed E-state index contributed by atoms with van der Waals surface area (Å²) >= 11 is 0. The van der Waals surface area contributed by atoms with Crippen LogP contribution in [0, 0.1) is 20.8 Å². The molecule has 1 atom stereocenters. The predicted octanol–water partition coefficient (Wildman–Crippen LogP) is 3.03. The van der Waals surface area contributed by atoms with Gasteiger partial charge >= 0.3 is 0 Å². The molecular weight excluding hydrogens is 210 g/mol. The number of benzene rings is 1. The number of hydrogen-bond acceptors (Lipinski definition) is 2. The third-order valence-corrected chi connectivity index (χ3v) is 3.21. The molecule has 17 heavy (non-hydrogen) atoms. The topological polar surface area (TPSA) is 32.3 Å². The molecule has 0 aliphatic carbocycles. The largest absolute Gasteiger partial charge is 0.396 e. The Morgan fingerprint density at radius 1 is 1.12 bits per heavy atom. The summed E-state index contributed by atoms with van der Waals surface area (Å²) in [5.41, 5.74) is 5.48. The molecule has 0 spiro atoms. The second-order valence-electron chi connectivity index (χ2n) is 4.92. The molecule has 96 valence electrons. The van der Waals surface area contributed by atoms with Crippen molar-refractivity contribution in [2.24, 2.45) is 0 Å². The maximum absolute atomic E-state index is 8.74. The molecule has 0 saturated heterocycles. The monoisotopic (exact) mass is 235 g/mol. The number of rotatable bonds is 6. The van der Waals surface area contributed by atoms with Gasteiger partial charge < -0.3 is 10.4 Å². The van der Waals surface area contributed by atoms with E-state index in [4.69, 9.17) is 5.11 Å². The minimum Gasteiger partial charge on any atom is -0.396 e. The summed E-state index contributed by atoms with van der Waals surface area (Å²) in [6.45, 7) is 9.97. The first kappa shape index (κ1) is 14.2. The number of unbranched alkanes of at least 4 members (excludes halogenated alkanes) is 1. The quantitative estimate of drug-likeness (QED) is 0.743. The highest BCUT2D eigenvalue weighted by Gasteiger charge is 2.10. The van der Waals surface area contributed by atoms with E-state index in [9.17, 15) is 0 Å². The van der Waals surface area contributed by atoms with Gasteiger partial charge in [-0.05, 0) is 63.8 Å². The van der Waals surface area contributed by atoms with Crippen LogP contribution in [0.15, 0.2) is 12.1 Å². The highest BCUT2D eigenvalue weighted by atomic mass is 16.2. The third-order valence-electron chi connectivity index (χ3n) is 3.21. The number of hydrogen-bond donors (Lipinski definition) is 2. The molecule has 0 bridgehead atoms. The van der Waals surface area contributed by atoms with Gasteiger partial charge in [-0.3, -0.25) is 0 Å². The van der Waals surface area contributed by atoms with Crippen molar-refractivity contribution >= 4 is 0 Å². The molecule has 0 aliphatic heterocycles. The highest BCUT2D eigenvalue weighted by Crippen LogP contribution is 2.23. The highest BCUT2D eigenvalue weighted by molar-refractivity contribution is 5.39. The van der Waals surface area contributed by atoms with Gasteiger partial charge in [-0.1, -0.05) is 17.7 Å². The standard InChI is InChI=1S/C15H25NO/c1-11-9-12(2)15(13(3)10-11)14(4)16-7-5-6-8-17/h9-10,14,16-17H,5-8H2,1-4H3. The number of aliphatic hydroxyl groups excluding tert-OH is 1. The summed E-state index contributed by atoms with van der Waals surface area (Å²) in [4.78, 5) is 0. The fourth-order valence-corrected chi connectivity index (χ4v) is 2.53. The van der Waals surface area contributed by atoms with Crippen molar-refractivity contribution in [3.05, 3.63) is 34.4 Å². The van der Waals surface area contributed by atoms with Crippen LogP contribution in [0.1, 0.15) is 48.1 Å². The normalized spacial score (nSPS) is 12.8. The molecule has 0 aromatic heterocycles. The molecule has 0 amide bonds. The Morgan fingerprint density at radius 3 is 2.24 bits per heavy atom. The van der Waals surface area contributed by atoms with Gasteiger partial charge in [0.25, 0.3) is 0 Å². The zero-order valence-electron chi connectivity index (χ0n) is 11.5. The van der Waals surface area contributed by atoms with Crippen LogP contribution in [-0.2, 0) is 0 Å². The zero-order chi connectivity index (χ0) is 12.8. The Balaban J connectivity index is 2.65. The van der Waals surface area contributed by atoms with E-state index in [1.807, 2.05) is 0 Å². The second kappa shape index (κ2) is 6.77. The molecule has 0 fully saturated rings. The van der Waals surface area contributed by atoms with Crippen molar-refractivity contribution in [3.8, 4) is 0 Å². The molecule has 0 radical (unpaired) electrons. The molecule has 2 N–H and O–H groups in total. The average molecular weight is 235 g/mol. The molecule has 2 heteroatoms. The third kappa shape index (κ3) is 4.14. The average Bonchev–Trinajstić information content (AvgIpc) is 2.23. The van der Waals surface area contributed by atoms with Crippen molar-refractivity contribution in [2.45, 2.75) is 46.6 Å². The van der Waals surface area contributed by atoms with E-state index in [0.717, 1.165) is 19.4 Å². The van der Waals surface area contributed by atoms with Gasteiger partial charge in [0.2, 0.25) is 0 Å². The summed E-state index contributed by atoms with van der Waals surface area (Å²) in [5, 5.41) is 12.3. The Hall–Kier alpha value is -0.860. The summed E-state index contributed by atoms with van der Waals surface area (Å²) in [6, 6.07) is 4.87. The summed E-state index contributed by atoms with van der Waals surface area (Å²) < 4.78 is 0. The maximum Gasteiger partial charge on any atom is 0.0431 e. The SMILES string of the molecule is Cc1cc(C)c(C(C)NCCCCO)c(C)c1. The fraction of sp³-hybridized carbons (Fsp3) is 0.600. The Labute approximate surface area is 105 Å². The fourth-order valence-electron chi connectivity index (χ4n) is 2.53. The Morgan fingerprint density at radius 2 is 1.71 bits per heavy atom. The first-order chi connectivity index (χ1) is 8.06. The minimum absolute atomic E-state index is 0.290. The van der Waals surface area contributed by atoms with Gasteiger partial charge in [0.15, 0.2) is 0 Å². The lowest BCUT2D eigenvalue weighted by atomic mass is 9.95. The second-order valence-corrected chi connectivity index (χ2v) is 4.92. The summed E-state index contributed by atoms with van der Waals surface area (Å²) in [7, 11) is 0. The Bertz CT molecular complexity index is 337. The van der Waals surface area contributed by atoms with Crippen LogP contribution in [0.25, 0.3) is 0 Å². The first-order valence-electron chi connectivity index (χ1n) is 6.48. The molecule has 0 heterocycles. The lowest BCUT2D eigenvalue weighted by molar-refractivity contribution is 0.283. The van der Waals surface area contributed by atoms with E-state index in [-0.39, 0.29) is 0 Å². The van der Waals surface area contributed by atoms with E-state index in [1.54, 1.807) is 0 Å². The molecule has 1 aromatic carbocycles. The van der Waals surface area contributed by atoms with Crippen LogP contribution in [0.3, 0.4) is 0 Å². The van der Waals surface area contributed by atoms with Crippen LogP contribution in [0.2, 0.25) is 0 Å². The van der Waals surface area contributed by atoms with Gasteiger partial charge in [0.1, 0.15) is 0 Å². The van der Waals surface area contributed by atoms with E-state index in [1.165, 1.54) is 22.3 Å². The predicted molar refractivity (Wildman–Crippen MR) is 73.4 cm³/mol. The molecule has 1 aromatic rings. The Kier molecular flexibility index (Phi) is 5.66. The molecule has 0 saturated carbocycles. The van der Waals surface area contributed by atoms with Crippen LogP contribution in [0.5, 0.6) is 0 Å². The van der Waals surface area contributed by atoms with Crippen LogP contribution < -0.4 is 5.32 Å². The van der Waals surface area contributed by atoms with Crippen molar-refractivity contribution in [1.82, 2.24) is 5.32 Å². The van der Waals surface area contributed by atoms with Gasteiger partial charge in [0.05, 0.1) is 0 Å². The van der Waals surface area contributed by atoms with Crippen molar-refractivity contribution in [3.63, 3.8) is 0 Å². The van der Waals surface area contributed by atoms with Crippen molar-refractivity contribution in [2.75, 3.05) is 13.2 Å². The van der Waals surface area contributed by atoms with Gasteiger partial charge in [-0.25, -0.2) is 0 Å². The summed E-state index contributed by atoms with van der Waals surface area (Å²) in [6.07, 6.45) is 1.91. The van der Waals surface area contributed by atoms with Gasteiger partial charge in [-0.15, -0.1) is 0 Å². The molecular formula is C15H25NO. The van der Waals surface area contributed by atoms with Crippen molar-refractivity contribution < 1.29 is 5.11 Å². The van der Waals surface area contributed by atoms with Crippen LogP contribution in [0.4, 0.5) is 0 Å². The van der Waals surface area contributed by atoms with Gasteiger partial charge in [-0.2, -0.15) is 0 Å². The molecule has 0 aliphatic rings. The molecule has 1 rings (SSSR count). The van der Waals surface area contributed by atoms with Gasteiger partial charge in [0, 0.05) is 12.6 Å².